The number of aliphatic imine (C=N–C) groups is 1. The van der Waals surface area contributed by atoms with Crippen molar-refractivity contribution >= 4 is 16.9 Å². The van der Waals surface area contributed by atoms with Gasteiger partial charge in [0.25, 0.3) is 0 Å². The highest BCUT2D eigenvalue weighted by molar-refractivity contribution is 8.14. The van der Waals surface area contributed by atoms with Gasteiger partial charge in [0, 0.05) is 7.05 Å². The lowest BCUT2D eigenvalue weighted by molar-refractivity contribution is -0.287. The number of halogens is 3. The van der Waals surface area contributed by atoms with Crippen molar-refractivity contribution in [3.63, 3.8) is 0 Å². The van der Waals surface area contributed by atoms with Crippen LogP contribution in [-0.2, 0) is 16.1 Å². The zero-order valence-electron chi connectivity index (χ0n) is 15.1. The minimum Gasteiger partial charge on any atom is -0.497 e. The molecule has 6 atom stereocenters. The second-order valence-corrected chi connectivity index (χ2v) is 7.48. The van der Waals surface area contributed by atoms with E-state index in [-0.39, 0.29) is 6.61 Å². The van der Waals surface area contributed by atoms with Gasteiger partial charge in [0.1, 0.15) is 29.5 Å². The molecule has 28 heavy (non-hydrogen) atoms. The van der Waals surface area contributed by atoms with Crippen LogP contribution >= 0.6 is 11.8 Å². The molecule has 0 saturated carbocycles. The topological polar surface area (TPSA) is 92.5 Å². The van der Waals surface area contributed by atoms with E-state index in [0.29, 0.717) is 16.5 Å². The Morgan fingerprint density at radius 1 is 1.25 bits per heavy atom. The Balaban J connectivity index is 1.75. The van der Waals surface area contributed by atoms with Crippen LogP contribution in [0.25, 0.3) is 0 Å². The first-order valence-corrected chi connectivity index (χ1v) is 9.35. The predicted octanol–water partition coefficient (Wildman–Crippen LogP) is 1.28. The molecule has 3 N–H and O–H groups in total. The molecule has 2 aliphatic rings. The molecular weight excluding hydrogens is 401 g/mol. The minimum atomic E-state index is -4.80. The Morgan fingerprint density at radius 2 is 1.93 bits per heavy atom. The number of nitrogens with one attached hydrogen (secondary N) is 1. The molecule has 1 aromatic carbocycles. The van der Waals surface area contributed by atoms with Gasteiger partial charge < -0.3 is 29.7 Å². The summed E-state index contributed by atoms with van der Waals surface area (Å²) in [5, 5.41) is 23.8. The van der Waals surface area contributed by atoms with Crippen molar-refractivity contribution in [2.24, 2.45) is 4.99 Å². The fraction of sp³-hybridized carbons (Fsp3) is 0.588. The van der Waals surface area contributed by atoms with Gasteiger partial charge in [-0.25, -0.2) is 0 Å². The Morgan fingerprint density at radius 3 is 2.50 bits per heavy atom. The van der Waals surface area contributed by atoms with Crippen LogP contribution in [0.5, 0.6) is 5.75 Å². The van der Waals surface area contributed by atoms with Crippen LogP contribution in [0.2, 0.25) is 0 Å². The largest absolute Gasteiger partial charge is 0.497 e. The number of rotatable bonds is 5. The summed E-state index contributed by atoms with van der Waals surface area (Å²) in [7, 11) is 2.99. The number of fused-ring (bicyclic) bond motifs is 1. The first-order valence-electron chi connectivity index (χ1n) is 8.47. The number of aliphatic hydroxyl groups is 2. The van der Waals surface area contributed by atoms with Gasteiger partial charge >= 0.3 is 6.18 Å². The highest BCUT2D eigenvalue weighted by Gasteiger charge is 2.57. The van der Waals surface area contributed by atoms with E-state index in [1.807, 2.05) is 0 Å². The molecule has 0 aromatic heterocycles. The van der Waals surface area contributed by atoms with Crippen LogP contribution in [-0.4, -0.2) is 71.6 Å². The maximum atomic E-state index is 13.6. The lowest BCUT2D eigenvalue weighted by atomic mass is 9.94. The number of benzene rings is 1. The van der Waals surface area contributed by atoms with Gasteiger partial charge in [-0.3, -0.25) is 4.99 Å². The van der Waals surface area contributed by atoms with Crippen LogP contribution in [0.15, 0.2) is 29.3 Å². The molecule has 0 unspecified atom stereocenters. The molecule has 156 valence electrons. The number of ether oxygens (including phenoxy) is 3. The highest BCUT2D eigenvalue weighted by Crippen LogP contribution is 2.39. The SMILES string of the molecule is CN=C1N[C@@H]2[C@@H](O)[C@H](O)[C@@H]([C@@H](OCc3ccc(OC)cc3)C(F)(F)F)O[C@@H]2S1. The van der Waals surface area contributed by atoms with Crippen molar-refractivity contribution in [2.75, 3.05) is 14.2 Å². The number of hydrogen-bond acceptors (Lipinski definition) is 7. The van der Waals surface area contributed by atoms with E-state index in [9.17, 15) is 23.4 Å². The van der Waals surface area contributed by atoms with Gasteiger partial charge in [-0.2, -0.15) is 13.2 Å². The van der Waals surface area contributed by atoms with Gasteiger partial charge in [0.15, 0.2) is 11.3 Å². The molecular formula is C17H21F3N2O5S. The number of thioether (sulfide) groups is 1. The summed E-state index contributed by atoms with van der Waals surface area (Å²) >= 11 is 1.06. The lowest BCUT2D eigenvalue weighted by Gasteiger charge is -2.42. The van der Waals surface area contributed by atoms with Crippen molar-refractivity contribution in [3.8, 4) is 5.75 Å². The van der Waals surface area contributed by atoms with Crippen LogP contribution < -0.4 is 10.1 Å². The Hall–Kier alpha value is -1.53. The molecule has 0 amide bonds. The maximum absolute atomic E-state index is 13.6. The zero-order valence-corrected chi connectivity index (χ0v) is 15.9. The third-order valence-corrected chi connectivity index (χ3v) is 5.73. The average Bonchev–Trinajstić information content (AvgIpc) is 3.08. The van der Waals surface area contributed by atoms with Crippen LogP contribution in [0.3, 0.4) is 0 Å². The molecule has 11 heteroatoms. The summed E-state index contributed by atoms with van der Waals surface area (Å²) < 4.78 is 56.5. The first kappa shape index (κ1) is 21.2. The monoisotopic (exact) mass is 422 g/mol. The number of methoxy groups -OCH3 is 1. The fourth-order valence-corrected chi connectivity index (χ4v) is 4.17. The maximum Gasteiger partial charge on any atom is 0.417 e. The molecule has 0 radical (unpaired) electrons. The smallest absolute Gasteiger partial charge is 0.417 e. The molecule has 0 bridgehead atoms. The van der Waals surface area contributed by atoms with Gasteiger partial charge in [-0.1, -0.05) is 23.9 Å². The van der Waals surface area contributed by atoms with E-state index in [1.165, 1.54) is 14.2 Å². The molecule has 2 saturated heterocycles. The number of amidine groups is 1. The van der Waals surface area contributed by atoms with E-state index < -0.39 is 42.1 Å². The number of alkyl halides is 3. The fourth-order valence-electron chi connectivity index (χ4n) is 3.08. The summed E-state index contributed by atoms with van der Waals surface area (Å²) in [4.78, 5) is 3.91. The first-order chi connectivity index (χ1) is 13.2. The second kappa shape index (κ2) is 8.46. The summed E-state index contributed by atoms with van der Waals surface area (Å²) in [5.41, 5.74) is -0.326. The summed E-state index contributed by atoms with van der Waals surface area (Å²) in [6, 6.07) is 5.61. The molecule has 3 rings (SSSR count). The van der Waals surface area contributed by atoms with E-state index in [4.69, 9.17) is 14.2 Å². The van der Waals surface area contributed by atoms with Crippen molar-refractivity contribution in [3.05, 3.63) is 29.8 Å². The van der Waals surface area contributed by atoms with Crippen molar-refractivity contribution in [1.29, 1.82) is 0 Å². The summed E-state index contributed by atoms with van der Waals surface area (Å²) in [5.74, 6) is 0.565. The minimum absolute atomic E-state index is 0.349. The molecule has 1 aromatic rings. The van der Waals surface area contributed by atoms with Gasteiger partial charge in [-0.15, -0.1) is 0 Å². The van der Waals surface area contributed by atoms with Gasteiger partial charge in [0.2, 0.25) is 0 Å². The molecule has 2 aliphatic heterocycles. The summed E-state index contributed by atoms with van der Waals surface area (Å²) in [6.45, 7) is -0.349. The third-order valence-electron chi connectivity index (χ3n) is 4.57. The Bertz CT molecular complexity index is 703. The Kier molecular flexibility index (Phi) is 6.40. The standard InChI is InChI=1S/C17H21F3N2O5S/c1-21-16-22-10-11(23)12(24)13(27-15(10)28-16)14(17(18,19)20)26-7-8-3-5-9(25-2)6-4-8/h3-6,10-15,23-24H,7H2,1-2H3,(H,21,22)/t10-,11-,12+,13+,14-,15-/m1/s1. The van der Waals surface area contributed by atoms with E-state index in [1.54, 1.807) is 24.3 Å². The average molecular weight is 422 g/mol. The van der Waals surface area contributed by atoms with Crippen molar-refractivity contribution < 1.29 is 37.6 Å². The quantitative estimate of drug-likeness (QED) is 0.658. The number of nitrogens with zero attached hydrogens (tertiary/aromatic N) is 1. The molecule has 0 spiro atoms. The zero-order chi connectivity index (χ0) is 20.5. The molecule has 0 aliphatic carbocycles. The van der Waals surface area contributed by atoms with Crippen molar-refractivity contribution in [1.82, 2.24) is 5.32 Å². The Labute approximate surface area is 163 Å². The van der Waals surface area contributed by atoms with Gasteiger partial charge in [-0.05, 0) is 17.7 Å². The molecule has 2 heterocycles. The molecule has 2 fully saturated rings. The predicted molar refractivity (Wildman–Crippen MR) is 96.2 cm³/mol. The second-order valence-electron chi connectivity index (χ2n) is 6.39. The van der Waals surface area contributed by atoms with Crippen LogP contribution in [0.1, 0.15) is 5.56 Å². The van der Waals surface area contributed by atoms with Crippen LogP contribution in [0.4, 0.5) is 13.2 Å². The van der Waals surface area contributed by atoms with Crippen molar-refractivity contribution in [2.45, 2.75) is 48.7 Å². The summed E-state index contributed by atoms with van der Waals surface area (Å²) in [6.07, 6.45) is -12.2. The van der Waals surface area contributed by atoms with E-state index >= 15 is 0 Å². The lowest BCUT2D eigenvalue weighted by Crippen LogP contribution is -2.63. The van der Waals surface area contributed by atoms with E-state index in [2.05, 4.69) is 10.3 Å². The number of aliphatic hydroxyl groups excluding tert-OH is 2. The molecule has 7 nitrogen and oxygen atoms in total. The normalized spacial score (nSPS) is 32.7. The number of hydrogen-bond donors (Lipinski definition) is 3. The highest BCUT2D eigenvalue weighted by atomic mass is 32.2. The van der Waals surface area contributed by atoms with E-state index in [0.717, 1.165) is 11.8 Å². The van der Waals surface area contributed by atoms with Gasteiger partial charge in [0.05, 0.1) is 19.8 Å². The van der Waals surface area contributed by atoms with Crippen LogP contribution in [0, 0.1) is 0 Å². The third kappa shape index (κ3) is 4.38.